The van der Waals surface area contributed by atoms with Crippen molar-refractivity contribution in [2.24, 2.45) is 0 Å². The highest BCUT2D eigenvalue weighted by molar-refractivity contribution is 7.99. The number of amides is 1. The van der Waals surface area contributed by atoms with Crippen LogP contribution in [0.5, 0.6) is 0 Å². The van der Waals surface area contributed by atoms with E-state index >= 15 is 0 Å². The Kier molecular flexibility index (Phi) is 7.36. The SMILES string of the molecule is O=C(NCCSc1ccc(Cl)cc1)c1cccc(S(=O)(=O)N2CCOCC2)c1. The Morgan fingerprint density at radius 2 is 1.86 bits per heavy atom. The van der Waals surface area contributed by atoms with Gasteiger partial charge in [0.15, 0.2) is 0 Å². The molecule has 6 nitrogen and oxygen atoms in total. The van der Waals surface area contributed by atoms with Gasteiger partial charge in [-0.3, -0.25) is 4.79 Å². The van der Waals surface area contributed by atoms with Crippen molar-refractivity contribution in [3.05, 3.63) is 59.1 Å². The predicted octanol–water partition coefficient (Wildman–Crippen LogP) is 2.88. The van der Waals surface area contributed by atoms with E-state index in [1.54, 1.807) is 23.9 Å². The Hall–Kier alpha value is -1.58. The molecule has 0 radical (unpaired) electrons. The van der Waals surface area contributed by atoms with Crippen molar-refractivity contribution in [2.45, 2.75) is 9.79 Å². The average molecular weight is 441 g/mol. The number of rotatable bonds is 7. The summed E-state index contributed by atoms with van der Waals surface area (Å²) in [5, 5.41) is 3.51. The molecule has 1 aliphatic heterocycles. The molecule has 1 amide bonds. The van der Waals surface area contributed by atoms with E-state index in [4.69, 9.17) is 16.3 Å². The van der Waals surface area contributed by atoms with Gasteiger partial charge in [0, 0.05) is 40.9 Å². The van der Waals surface area contributed by atoms with Gasteiger partial charge in [-0.05, 0) is 42.5 Å². The van der Waals surface area contributed by atoms with Gasteiger partial charge >= 0.3 is 0 Å². The summed E-state index contributed by atoms with van der Waals surface area (Å²) in [5.41, 5.74) is 0.325. The van der Waals surface area contributed by atoms with Crippen molar-refractivity contribution in [1.82, 2.24) is 9.62 Å². The largest absolute Gasteiger partial charge is 0.379 e. The molecule has 28 heavy (non-hydrogen) atoms. The fraction of sp³-hybridized carbons (Fsp3) is 0.316. The lowest BCUT2D eigenvalue weighted by Gasteiger charge is -2.26. The molecule has 0 spiro atoms. The number of benzene rings is 2. The maximum Gasteiger partial charge on any atom is 0.251 e. The monoisotopic (exact) mass is 440 g/mol. The van der Waals surface area contributed by atoms with E-state index < -0.39 is 10.0 Å². The van der Waals surface area contributed by atoms with Crippen LogP contribution in [0.2, 0.25) is 5.02 Å². The number of carbonyl (C=O) groups is 1. The highest BCUT2D eigenvalue weighted by atomic mass is 35.5. The van der Waals surface area contributed by atoms with Crippen LogP contribution in [0.1, 0.15) is 10.4 Å². The molecular weight excluding hydrogens is 420 g/mol. The maximum absolute atomic E-state index is 12.7. The third-order valence-corrected chi connectivity index (χ3v) is 7.33. The predicted molar refractivity (Wildman–Crippen MR) is 111 cm³/mol. The van der Waals surface area contributed by atoms with Crippen LogP contribution in [0.15, 0.2) is 58.3 Å². The number of nitrogens with zero attached hydrogens (tertiary/aromatic N) is 1. The number of nitrogens with one attached hydrogen (secondary N) is 1. The van der Waals surface area contributed by atoms with Crippen LogP contribution in [0.25, 0.3) is 0 Å². The minimum absolute atomic E-state index is 0.123. The van der Waals surface area contributed by atoms with Gasteiger partial charge in [-0.1, -0.05) is 17.7 Å². The lowest BCUT2D eigenvalue weighted by molar-refractivity contribution is 0.0730. The molecule has 0 unspecified atom stereocenters. The van der Waals surface area contributed by atoms with E-state index in [0.717, 1.165) is 4.90 Å². The first kappa shape index (κ1) is 21.1. The molecule has 0 aromatic heterocycles. The number of hydrogen-bond acceptors (Lipinski definition) is 5. The van der Waals surface area contributed by atoms with Crippen molar-refractivity contribution in [1.29, 1.82) is 0 Å². The van der Waals surface area contributed by atoms with Crippen LogP contribution in [0.4, 0.5) is 0 Å². The molecule has 1 N–H and O–H groups in total. The molecule has 1 fully saturated rings. The van der Waals surface area contributed by atoms with E-state index in [1.807, 2.05) is 24.3 Å². The number of halogens is 1. The summed E-state index contributed by atoms with van der Waals surface area (Å²) in [5.74, 6) is 0.398. The van der Waals surface area contributed by atoms with Crippen LogP contribution in [0, 0.1) is 0 Å². The van der Waals surface area contributed by atoms with Crippen molar-refractivity contribution in [2.75, 3.05) is 38.6 Å². The normalized spacial score (nSPS) is 15.3. The Bertz CT molecular complexity index is 914. The standard InChI is InChI=1S/C19H21ClN2O4S2/c20-16-4-6-17(7-5-16)27-13-8-21-19(23)15-2-1-3-18(14-15)28(24,25)22-9-11-26-12-10-22/h1-7,14H,8-13H2,(H,21,23). The molecule has 1 saturated heterocycles. The van der Waals surface area contributed by atoms with E-state index in [0.29, 0.717) is 49.2 Å². The van der Waals surface area contributed by atoms with Crippen LogP contribution in [-0.2, 0) is 14.8 Å². The second kappa shape index (κ2) is 9.76. The van der Waals surface area contributed by atoms with Crippen LogP contribution in [-0.4, -0.2) is 57.2 Å². The summed E-state index contributed by atoms with van der Waals surface area (Å²) in [4.78, 5) is 13.6. The molecule has 150 valence electrons. The van der Waals surface area contributed by atoms with Gasteiger partial charge < -0.3 is 10.1 Å². The molecule has 0 atom stereocenters. The summed E-state index contributed by atoms with van der Waals surface area (Å²) in [6, 6.07) is 13.6. The van der Waals surface area contributed by atoms with E-state index in [2.05, 4.69) is 5.32 Å². The summed E-state index contributed by atoms with van der Waals surface area (Å²) in [6.45, 7) is 1.86. The summed E-state index contributed by atoms with van der Waals surface area (Å²) >= 11 is 7.46. The Labute approximate surface area is 174 Å². The number of sulfonamides is 1. The minimum Gasteiger partial charge on any atom is -0.379 e. The van der Waals surface area contributed by atoms with Crippen molar-refractivity contribution < 1.29 is 17.9 Å². The number of ether oxygens (including phenoxy) is 1. The molecule has 1 heterocycles. The Morgan fingerprint density at radius 1 is 1.14 bits per heavy atom. The average Bonchev–Trinajstić information content (AvgIpc) is 2.73. The van der Waals surface area contributed by atoms with Crippen molar-refractivity contribution in [3.63, 3.8) is 0 Å². The van der Waals surface area contributed by atoms with Crippen LogP contribution >= 0.6 is 23.4 Å². The molecule has 2 aromatic carbocycles. The van der Waals surface area contributed by atoms with Gasteiger partial charge in [-0.25, -0.2) is 8.42 Å². The second-order valence-corrected chi connectivity index (χ2v) is 9.65. The van der Waals surface area contributed by atoms with Crippen molar-refractivity contribution in [3.8, 4) is 0 Å². The van der Waals surface area contributed by atoms with Gasteiger partial charge in [-0.15, -0.1) is 11.8 Å². The Balaban J connectivity index is 1.56. The number of hydrogen-bond donors (Lipinski definition) is 1. The molecule has 1 aliphatic rings. The molecule has 2 aromatic rings. The number of morpholine rings is 1. The first-order valence-electron chi connectivity index (χ1n) is 8.81. The third-order valence-electron chi connectivity index (χ3n) is 4.17. The zero-order chi connectivity index (χ0) is 20.0. The second-order valence-electron chi connectivity index (χ2n) is 6.10. The quantitative estimate of drug-likeness (QED) is 0.529. The highest BCUT2D eigenvalue weighted by Gasteiger charge is 2.26. The first-order chi connectivity index (χ1) is 13.5. The molecule has 0 aliphatic carbocycles. The third kappa shape index (κ3) is 5.48. The lowest BCUT2D eigenvalue weighted by atomic mass is 10.2. The minimum atomic E-state index is -3.62. The van der Waals surface area contributed by atoms with Gasteiger partial charge in [0.1, 0.15) is 0 Å². The highest BCUT2D eigenvalue weighted by Crippen LogP contribution is 2.20. The van der Waals surface area contributed by atoms with Crippen LogP contribution < -0.4 is 5.32 Å². The topological polar surface area (TPSA) is 75.7 Å². The van der Waals surface area contributed by atoms with Gasteiger partial charge in [-0.2, -0.15) is 4.31 Å². The van der Waals surface area contributed by atoms with E-state index in [9.17, 15) is 13.2 Å². The number of carbonyl (C=O) groups excluding carboxylic acids is 1. The fourth-order valence-electron chi connectivity index (χ4n) is 2.70. The van der Waals surface area contributed by atoms with Gasteiger partial charge in [0.05, 0.1) is 18.1 Å². The fourth-order valence-corrected chi connectivity index (χ4v) is 5.05. The lowest BCUT2D eigenvalue weighted by Crippen LogP contribution is -2.40. The van der Waals surface area contributed by atoms with Crippen molar-refractivity contribution >= 4 is 39.3 Å². The summed E-state index contributed by atoms with van der Waals surface area (Å²) in [6.07, 6.45) is 0. The zero-order valence-corrected chi connectivity index (χ0v) is 17.5. The molecule has 3 rings (SSSR count). The summed E-state index contributed by atoms with van der Waals surface area (Å²) in [7, 11) is -3.62. The summed E-state index contributed by atoms with van der Waals surface area (Å²) < 4.78 is 32.1. The van der Waals surface area contributed by atoms with Gasteiger partial charge in [0.2, 0.25) is 10.0 Å². The van der Waals surface area contributed by atoms with Gasteiger partial charge in [0.25, 0.3) is 5.91 Å². The molecule has 0 saturated carbocycles. The molecular formula is C19H21ClN2O4S2. The number of thioether (sulfide) groups is 1. The molecule has 0 bridgehead atoms. The van der Waals surface area contributed by atoms with E-state index in [1.165, 1.54) is 16.4 Å². The zero-order valence-electron chi connectivity index (χ0n) is 15.1. The first-order valence-corrected chi connectivity index (χ1v) is 11.6. The molecule has 9 heteroatoms. The smallest absolute Gasteiger partial charge is 0.251 e. The van der Waals surface area contributed by atoms with Crippen LogP contribution in [0.3, 0.4) is 0 Å². The Morgan fingerprint density at radius 3 is 2.57 bits per heavy atom. The maximum atomic E-state index is 12.7. The van der Waals surface area contributed by atoms with E-state index in [-0.39, 0.29) is 10.8 Å².